The van der Waals surface area contributed by atoms with Gasteiger partial charge in [0.25, 0.3) is 9.05 Å². The Morgan fingerprint density at radius 2 is 1.36 bits per heavy atom. The smallest absolute Gasteiger partial charge is 0.337 e. The number of esters is 2. The topological polar surface area (TPSA) is 96.0 Å². The van der Waals surface area contributed by atoms with Crippen LogP contribution in [0.4, 0.5) is 0 Å². The van der Waals surface area contributed by atoms with Crippen LogP contribution >= 0.6 is 54.3 Å². The van der Waals surface area contributed by atoms with Gasteiger partial charge in [0.05, 0.1) is 37.4 Å². The van der Waals surface area contributed by atoms with Crippen molar-refractivity contribution in [2.45, 2.75) is 15.5 Å². The largest absolute Gasteiger partial charge is 0.497 e. The Morgan fingerprint density at radius 3 is 1.86 bits per heavy atom. The van der Waals surface area contributed by atoms with Crippen LogP contribution < -0.4 is 4.74 Å². The molecule has 7 nitrogen and oxygen atoms in total. The average Bonchev–Trinajstić information content (AvgIpc) is 2.86. The van der Waals surface area contributed by atoms with Crippen LogP contribution in [0.25, 0.3) is 0 Å². The number of halogens is 3. The van der Waals surface area contributed by atoms with E-state index in [0.717, 1.165) is 26.9 Å². The van der Waals surface area contributed by atoms with Gasteiger partial charge in [0.2, 0.25) is 0 Å². The number of carbonyl (C=O) groups excluding carboxylic acids is 2. The summed E-state index contributed by atoms with van der Waals surface area (Å²) in [5.74, 6) is 0.709. The number of rotatable bonds is 7. The Balaban J connectivity index is 0.000000269. The highest BCUT2D eigenvalue weighted by Crippen LogP contribution is 2.28. The molecule has 0 N–H and O–H groups in total. The predicted molar refractivity (Wildman–Crippen MR) is 147 cm³/mol. The van der Waals surface area contributed by atoms with Crippen molar-refractivity contribution >= 4 is 75.3 Å². The Kier molecular flexibility index (Phi) is 11.8. The van der Waals surface area contributed by atoms with Crippen molar-refractivity contribution in [3.05, 3.63) is 86.3 Å². The summed E-state index contributed by atoms with van der Waals surface area (Å²) in [6.45, 7) is 0. The van der Waals surface area contributed by atoms with Crippen LogP contribution in [0, 0.1) is 0 Å². The van der Waals surface area contributed by atoms with E-state index in [4.69, 9.17) is 20.2 Å². The molecule has 0 aromatic heterocycles. The van der Waals surface area contributed by atoms with E-state index in [-0.39, 0.29) is 16.4 Å². The lowest BCUT2D eigenvalue weighted by Gasteiger charge is -2.06. The van der Waals surface area contributed by atoms with Crippen LogP contribution in [0.5, 0.6) is 5.75 Å². The SMILES string of the molecule is COC(=O)c1cc(Br)cc(S(=O)(=O)Cl)c1.COC(=O)c1cc(Br)cc(SCc2ccc(OC)cc2)c1. The lowest BCUT2D eigenvalue weighted by Crippen LogP contribution is -2.03. The molecule has 0 amide bonds. The molecule has 0 unspecified atom stereocenters. The maximum atomic E-state index is 11.6. The third-order valence-corrected chi connectivity index (χ3v) is 7.73. The molecule has 3 rings (SSSR count). The van der Waals surface area contributed by atoms with Gasteiger partial charge in [0.15, 0.2) is 0 Å². The summed E-state index contributed by atoms with van der Waals surface area (Å²) in [7, 11) is 5.54. The first kappa shape index (κ1) is 30.2. The summed E-state index contributed by atoms with van der Waals surface area (Å²) < 4.78 is 37.7. The average molecular weight is 681 g/mol. The molecular weight excluding hydrogens is 660 g/mol. The molecule has 192 valence electrons. The summed E-state index contributed by atoms with van der Waals surface area (Å²) in [5.41, 5.74) is 1.86. The van der Waals surface area contributed by atoms with E-state index in [2.05, 4.69) is 36.6 Å². The minimum Gasteiger partial charge on any atom is -0.497 e. The van der Waals surface area contributed by atoms with Crippen molar-refractivity contribution < 1.29 is 32.2 Å². The molecule has 0 radical (unpaired) electrons. The van der Waals surface area contributed by atoms with Gasteiger partial charge in [0, 0.05) is 30.3 Å². The van der Waals surface area contributed by atoms with Crippen molar-refractivity contribution in [3.63, 3.8) is 0 Å². The summed E-state index contributed by atoms with van der Waals surface area (Å²) in [4.78, 5) is 23.6. The summed E-state index contributed by atoms with van der Waals surface area (Å²) >= 11 is 8.15. The van der Waals surface area contributed by atoms with Gasteiger partial charge >= 0.3 is 11.9 Å². The second-order valence-electron chi connectivity index (χ2n) is 6.91. The third kappa shape index (κ3) is 9.44. The van der Waals surface area contributed by atoms with Gasteiger partial charge in [-0.25, -0.2) is 18.0 Å². The molecule has 36 heavy (non-hydrogen) atoms. The molecule has 3 aromatic rings. The van der Waals surface area contributed by atoms with E-state index in [1.807, 2.05) is 36.4 Å². The first-order valence-electron chi connectivity index (χ1n) is 9.95. The lowest BCUT2D eigenvalue weighted by atomic mass is 10.2. The zero-order valence-electron chi connectivity index (χ0n) is 19.3. The number of hydrogen-bond donors (Lipinski definition) is 0. The van der Waals surface area contributed by atoms with Gasteiger partial charge < -0.3 is 14.2 Å². The fourth-order valence-electron chi connectivity index (χ4n) is 2.71. The zero-order valence-corrected chi connectivity index (χ0v) is 24.8. The quantitative estimate of drug-likeness (QED) is 0.155. The second-order valence-corrected chi connectivity index (χ2v) is 12.4. The van der Waals surface area contributed by atoms with E-state index in [1.165, 1.54) is 31.9 Å². The van der Waals surface area contributed by atoms with Gasteiger partial charge in [-0.2, -0.15) is 0 Å². The van der Waals surface area contributed by atoms with Crippen molar-refractivity contribution in [3.8, 4) is 5.75 Å². The van der Waals surface area contributed by atoms with Crippen LogP contribution in [-0.2, 0) is 24.3 Å². The fourth-order valence-corrected chi connectivity index (χ4v) is 5.75. The number of hydrogen-bond acceptors (Lipinski definition) is 8. The monoisotopic (exact) mass is 678 g/mol. The highest BCUT2D eigenvalue weighted by Gasteiger charge is 2.15. The Bertz CT molecular complexity index is 1330. The molecule has 0 aliphatic rings. The number of methoxy groups -OCH3 is 3. The summed E-state index contributed by atoms with van der Waals surface area (Å²) in [6, 6.07) is 17.4. The first-order chi connectivity index (χ1) is 17.0. The van der Waals surface area contributed by atoms with Gasteiger partial charge in [-0.1, -0.05) is 44.0 Å². The van der Waals surface area contributed by atoms with Crippen LogP contribution in [0.1, 0.15) is 26.3 Å². The number of ether oxygens (including phenoxy) is 3. The van der Waals surface area contributed by atoms with Gasteiger partial charge in [-0.05, 0) is 54.1 Å². The standard InChI is InChI=1S/C16H15BrO3S.C8H6BrClO4S/c1-19-14-5-3-11(4-6-14)10-21-15-8-12(16(18)20-2)7-13(17)9-15;1-14-8(11)5-2-6(9)4-7(3-5)15(10,12)13/h3-9H,10H2,1-2H3;2-4H,1H3. The fraction of sp³-hybridized carbons (Fsp3) is 0.167. The third-order valence-electron chi connectivity index (χ3n) is 4.43. The molecule has 0 spiro atoms. The Hall–Kier alpha value is -2.05. The van der Waals surface area contributed by atoms with Crippen LogP contribution in [0.2, 0.25) is 0 Å². The van der Waals surface area contributed by atoms with Crippen molar-refractivity contribution in [2.75, 3.05) is 21.3 Å². The van der Waals surface area contributed by atoms with Crippen LogP contribution in [0.15, 0.2) is 79.4 Å². The van der Waals surface area contributed by atoms with Crippen LogP contribution in [-0.4, -0.2) is 41.7 Å². The van der Waals surface area contributed by atoms with Crippen molar-refractivity contribution in [1.82, 2.24) is 0 Å². The molecule has 0 heterocycles. The summed E-state index contributed by atoms with van der Waals surface area (Å²) in [6.07, 6.45) is 0. The van der Waals surface area contributed by atoms with Gasteiger partial charge in [0.1, 0.15) is 5.75 Å². The molecular formula is C24H21Br2ClO7S2. The minimum absolute atomic E-state index is 0.117. The molecule has 0 saturated heterocycles. The molecule has 3 aromatic carbocycles. The highest BCUT2D eigenvalue weighted by molar-refractivity contribution is 9.10. The lowest BCUT2D eigenvalue weighted by molar-refractivity contribution is 0.0591. The van der Waals surface area contributed by atoms with Gasteiger partial charge in [-0.15, -0.1) is 11.8 Å². The van der Waals surface area contributed by atoms with Crippen LogP contribution in [0.3, 0.4) is 0 Å². The number of benzene rings is 3. The maximum Gasteiger partial charge on any atom is 0.337 e. The summed E-state index contributed by atoms with van der Waals surface area (Å²) in [5, 5.41) is 0. The highest BCUT2D eigenvalue weighted by atomic mass is 79.9. The minimum atomic E-state index is -3.86. The van der Waals surface area contributed by atoms with E-state index in [0.29, 0.717) is 10.0 Å². The molecule has 0 aliphatic heterocycles. The number of thioether (sulfide) groups is 1. The van der Waals surface area contributed by atoms with E-state index in [9.17, 15) is 18.0 Å². The Labute approximate surface area is 235 Å². The normalized spacial score (nSPS) is 10.6. The zero-order chi connectivity index (χ0) is 26.9. The van der Waals surface area contributed by atoms with Crippen molar-refractivity contribution in [2.24, 2.45) is 0 Å². The number of carbonyl (C=O) groups is 2. The second kappa shape index (κ2) is 14.0. The van der Waals surface area contributed by atoms with Crippen molar-refractivity contribution in [1.29, 1.82) is 0 Å². The maximum absolute atomic E-state index is 11.6. The molecule has 0 saturated carbocycles. The Morgan fingerprint density at radius 1 is 0.833 bits per heavy atom. The molecule has 0 fully saturated rings. The molecule has 0 aliphatic carbocycles. The predicted octanol–water partition coefficient (Wildman–Crippen LogP) is 6.70. The first-order valence-corrected chi connectivity index (χ1v) is 14.8. The van der Waals surface area contributed by atoms with E-state index < -0.39 is 15.0 Å². The molecule has 12 heteroatoms. The van der Waals surface area contributed by atoms with E-state index >= 15 is 0 Å². The molecule has 0 bridgehead atoms. The van der Waals surface area contributed by atoms with Gasteiger partial charge in [-0.3, -0.25) is 0 Å². The van der Waals surface area contributed by atoms with E-state index in [1.54, 1.807) is 24.9 Å². The molecule has 0 atom stereocenters.